The number of nitrogens with two attached hydrogens (primary N) is 1. The van der Waals surface area contributed by atoms with Gasteiger partial charge in [-0.3, -0.25) is 0 Å². The maximum absolute atomic E-state index is 6.45. The summed E-state index contributed by atoms with van der Waals surface area (Å²) in [6.45, 7) is 11.7. The summed E-state index contributed by atoms with van der Waals surface area (Å²) in [7, 11) is 0. The molecule has 1 rings (SSSR count). The van der Waals surface area contributed by atoms with Gasteiger partial charge in [0.05, 0.1) is 0 Å². The minimum atomic E-state index is 0.125. The van der Waals surface area contributed by atoms with Crippen molar-refractivity contribution in [2.24, 2.45) is 23.0 Å². The largest absolute Gasteiger partial charge is 0.325 e. The summed E-state index contributed by atoms with van der Waals surface area (Å²) in [5.74, 6) is 1.51. The van der Waals surface area contributed by atoms with Gasteiger partial charge < -0.3 is 5.73 Å². The van der Waals surface area contributed by atoms with E-state index in [1.807, 2.05) is 0 Å². The maximum Gasteiger partial charge on any atom is 0.0177 e. The Balaban J connectivity index is 2.56. The topological polar surface area (TPSA) is 26.0 Å². The van der Waals surface area contributed by atoms with Crippen molar-refractivity contribution in [2.75, 3.05) is 0 Å². The summed E-state index contributed by atoms with van der Waals surface area (Å²) in [4.78, 5) is 0. The van der Waals surface area contributed by atoms with Gasteiger partial charge in [-0.15, -0.1) is 0 Å². The Hall–Kier alpha value is -0.0400. The highest BCUT2D eigenvalue weighted by molar-refractivity contribution is 4.94. The lowest BCUT2D eigenvalue weighted by atomic mass is 9.63. The molecule has 0 unspecified atom stereocenters. The lowest BCUT2D eigenvalue weighted by Crippen LogP contribution is -2.49. The molecule has 0 atom stereocenters. The number of hydrogen-bond acceptors (Lipinski definition) is 1. The van der Waals surface area contributed by atoms with Crippen LogP contribution in [-0.4, -0.2) is 5.54 Å². The first-order valence-corrected chi connectivity index (χ1v) is 6.60. The van der Waals surface area contributed by atoms with Gasteiger partial charge in [0.15, 0.2) is 0 Å². The smallest absolute Gasteiger partial charge is 0.0177 e. The van der Waals surface area contributed by atoms with Crippen molar-refractivity contribution in [1.82, 2.24) is 0 Å². The van der Waals surface area contributed by atoms with Gasteiger partial charge in [-0.05, 0) is 42.9 Å². The van der Waals surface area contributed by atoms with Crippen LogP contribution < -0.4 is 5.73 Å². The van der Waals surface area contributed by atoms with Crippen LogP contribution in [0.5, 0.6) is 0 Å². The van der Waals surface area contributed by atoms with E-state index in [1.54, 1.807) is 0 Å². The average molecular weight is 211 g/mol. The summed E-state index contributed by atoms with van der Waals surface area (Å²) < 4.78 is 0. The standard InChI is InChI=1S/C14H29N/c1-6-13(4,5)12-7-9-14(15,10-8-12)11(2)3/h11-12H,6-10,15H2,1-5H3. The minimum absolute atomic E-state index is 0.125. The molecule has 1 aliphatic carbocycles. The third-order valence-electron chi connectivity index (χ3n) is 5.08. The molecule has 0 aliphatic heterocycles. The summed E-state index contributed by atoms with van der Waals surface area (Å²) in [6, 6.07) is 0. The van der Waals surface area contributed by atoms with Crippen LogP contribution in [0.4, 0.5) is 0 Å². The molecule has 1 aliphatic rings. The van der Waals surface area contributed by atoms with Gasteiger partial charge in [-0.2, -0.15) is 0 Å². The Morgan fingerprint density at radius 2 is 1.73 bits per heavy atom. The van der Waals surface area contributed by atoms with Gasteiger partial charge in [0.2, 0.25) is 0 Å². The first-order chi connectivity index (χ1) is 6.82. The molecule has 1 nitrogen and oxygen atoms in total. The Bertz CT molecular complexity index is 197. The minimum Gasteiger partial charge on any atom is -0.325 e. The zero-order valence-corrected chi connectivity index (χ0v) is 11.3. The van der Waals surface area contributed by atoms with E-state index < -0.39 is 0 Å². The third-order valence-corrected chi connectivity index (χ3v) is 5.08. The Kier molecular flexibility index (Phi) is 3.86. The van der Waals surface area contributed by atoms with Gasteiger partial charge in [0.25, 0.3) is 0 Å². The highest BCUT2D eigenvalue weighted by atomic mass is 14.8. The van der Waals surface area contributed by atoms with Gasteiger partial charge in [0, 0.05) is 5.54 Å². The van der Waals surface area contributed by atoms with Crippen LogP contribution in [0.25, 0.3) is 0 Å². The molecule has 0 spiro atoms. The zero-order valence-electron chi connectivity index (χ0n) is 11.3. The van der Waals surface area contributed by atoms with Crippen LogP contribution >= 0.6 is 0 Å². The normalized spacial score (nSPS) is 33.4. The van der Waals surface area contributed by atoms with Gasteiger partial charge in [0.1, 0.15) is 0 Å². The molecule has 0 heterocycles. The highest BCUT2D eigenvalue weighted by Crippen LogP contribution is 2.44. The summed E-state index contributed by atoms with van der Waals surface area (Å²) >= 11 is 0. The quantitative estimate of drug-likeness (QED) is 0.751. The van der Waals surface area contributed by atoms with Gasteiger partial charge in [-0.1, -0.05) is 41.0 Å². The predicted octanol–water partition coefficient (Wildman–Crippen LogP) is 3.97. The molecule has 0 aromatic rings. The van der Waals surface area contributed by atoms with Crippen LogP contribution in [0.3, 0.4) is 0 Å². The summed E-state index contributed by atoms with van der Waals surface area (Å²) in [5, 5.41) is 0. The Labute approximate surface area is 95.8 Å². The first-order valence-electron chi connectivity index (χ1n) is 6.60. The molecule has 1 fully saturated rings. The van der Waals surface area contributed by atoms with E-state index in [9.17, 15) is 0 Å². The van der Waals surface area contributed by atoms with Crippen LogP contribution in [-0.2, 0) is 0 Å². The van der Waals surface area contributed by atoms with Crippen LogP contribution in [0.2, 0.25) is 0 Å². The summed E-state index contributed by atoms with van der Waals surface area (Å²) in [5.41, 5.74) is 7.09. The molecule has 2 N–H and O–H groups in total. The monoisotopic (exact) mass is 211 g/mol. The molecule has 15 heavy (non-hydrogen) atoms. The van der Waals surface area contributed by atoms with E-state index in [2.05, 4.69) is 34.6 Å². The zero-order chi connectivity index (χ0) is 11.7. The van der Waals surface area contributed by atoms with E-state index in [-0.39, 0.29) is 5.54 Å². The van der Waals surface area contributed by atoms with Crippen molar-refractivity contribution < 1.29 is 0 Å². The van der Waals surface area contributed by atoms with Crippen molar-refractivity contribution in [2.45, 2.75) is 72.3 Å². The van der Waals surface area contributed by atoms with Crippen LogP contribution in [0, 0.1) is 17.3 Å². The fourth-order valence-electron chi connectivity index (χ4n) is 2.80. The van der Waals surface area contributed by atoms with Crippen molar-refractivity contribution in [3.05, 3.63) is 0 Å². The van der Waals surface area contributed by atoms with Gasteiger partial charge in [-0.25, -0.2) is 0 Å². The lowest BCUT2D eigenvalue weighted by molar-refractivity contribution is 0.0960. The summed E-state index contributed by atoms with van der Waals surface area (Å²) in [6.07, 6.45) is 6.39. The van der Waals surface area contributed by atoms with Crippen molar-refractivity contribution in [1.29, 1.82) is 0 Å². The van der Waals surface area contributed by atoms with Crippen LogP contribution in [0.15, 0.2) is 0 Å². The van der Waals surface area contributed by atoms with Crippen molar-refractivity contribution in [3.63, 3.8) is 0 Å². The van der Waals surface area contributed by atoms with Crippen molar-refractivity contribution in [3.8, 4) is 0 Å². The van der Waals surface area contributed by atoms with Crippen molar-refractivity contribution >= 4 is 0 Å². The molecule has 0 aromatic heterocycles. The molecular weight excluding hydrogens is 182 g/mol. The molecule has 0 aromatic carbocycles. The van der Waals surface area contributed by atoms with E-state index in [4.69, 9.17) is 5.73 Å². The number of hydrogen-bond donors (Lipinski definition) is 1. The fraction of sp³-hybridized carbons (Fsp3) is 1.00. The first kappa shape index (κ1) is 13.0. The Morgan fingerprint density at radius 1 is 1.27 bits per heavy atom. The fourth-order valence-corrected chi connectivity index (χ4v) is 2.80. The molecule has 1 heteroatoms. The third kappa shape index (κ3) is 2.75. The molecule has 0 bridgehead atoms. The predicted molar refractivity (Wildman–Crippen MR) is 67.8 cm³/mol. The molecular formula is C14H29N. The SMILES string of the molecule is CCC(C)(C)C1CCC(N)(C(C)C)CC1. The Morgan fingerprint density at radius 3 is 2.07 bits per heavy atom. The number of rotatable bonds is 3. The average Bonchev–Trinajstić information content (AvgIpc) is 2.18. The molecule has 90 valence electrons. The molecule has 1 saturated carbocycles. The van der Waals surface area contributed by atoms with E-state index in [0.29, 0.717) is 11.3 Å². The van der Waals surface area contributed by atoms with E-state index >= 15 is 0 Å². The highest BCUT2D eigenvalue weighted by Gasteiger charge is 2.38. The molecule has 0 amide bonds. The second-order valence-electron chi connectivity index (χ2n) is 6.50. The maximum atomic E-state index is 6.45. The van der Waals surface area contributed by atoms with Gasteiger partial charge >= 0.3 is 0 Å². The second-order valence-corrected chi connectivity index (χ2v) is 6.50. The van der Waals surface area contributed by atoms with E-state index in [1.165, 1.54) is 32.1 Å². The second kappa shape index (κ2) is 4.45. The lowest BCUT2D eigenvalue weighted by Gasteiger charge is -2.45. The van der Waals surface area contributed by atoms with E-state index in [0.717, 1.165) is 5.92 Å². The molecule has 0 radical (unpaired) electrons. The van der Waals surface area contributed by atoms with Crippen LogP contribution in [0.1, 0.15) is 66.7 Å². The molecule has 0 saturated heterocycles.